The normalized spacial score (nSPS) is 14.5. The van der Waals surface area contributed by atoms with Crippen molar-refractivity contribution in [3.05, 3.63) is 114 Å². The number of nitrogens with one attached hydrogen (secondary N) is 1. The molecule has 3 aromatic carbocycles. The first-order chi connectivity index (χ1) is 16.3. The zero-order chi connectivity index (χ0) is 22.2. The van der Waals surface area contributed by atoms with Crippen molar-refractivity contribution in [3.8, 4) is 11.6 Å². The van der Waals surface area contributed by atoms with Crippen molar-refractivity contribution < 1.29 is 4.74 Å². The van der Waals surface area contributed by atoms with E-state index >= 15 is 0 Å². The Kier molecular flexibility index (Phi) is 4.76. The number of benzene rings is 3. The van der Waals surface area contributed by atoms with E-state index in [-0.39, 0.29) is 5.92 Å². The van der Waals surface area contributed by atoms with Gasteiger partial charge in [-0.15, -0.1) is 0 Å². The van der Waals surface area contributed by atoms with Gasteiger partial charge in [0.2, 0.25) is 5.88 Å². The van der Waals surface area contributed by atoms with Crippen LogP contribution in [0, 0.1) is 5.41 Å². The van der Waals surface area contributed by atoms with Crippen LogP contribution in [-0.4, -0.2) is 19.1 Å². The summed E-state index contributed by atoms with van der Waals surface area (Å²) in [5.41, 5.74) is 3.48. The van der Waals surface area contributed by atoms with Crippen LogP contribution in [0.15, 0.2) is 91.8 Å². The van der Waals surface area contributed by atoms with E-state index in [4.69, 9.17) is 10.1 Å². The molecular weight excluding hydrogens is 410 g/mol. The molecule has 33 heavy (non-hydrogen) atoms. The number of nitrogens with zero attached hydrogens (tertiary/aromatic N) is 4. The van der Waals surface area contributed by atoms with E-state index in [9.17, 15) is 0 Å². The molecule has 0 amide bonds. The smallest absolute Gasteiger partial charge is 0.228 e. The molecule has 3 heterocycles. The Morgan fingerprint density at radius 1 is 0.879 bits per heavy atom. The van der Waals surface area contributed by atoms with Crippen LogP contribution < -0.4 is 10.2 Å². The fraction of sp³-hybridized carbons (Fsp3) is 0.148. The molecule has 5 aromatic rings. The molecule has 1 atom stereocenters. The molecule has 6 nitrogen and oxygen atoms in total. The van der Waals surface area contributed by atoms with Gasteiger partial charge < -0.3 is 13.9 Å². The Balaban J connectivity index is 1.49. The Labute approximate surface area is 191 Å². The maximum Gasteiger partial charge on any atom is 0.228 e. The van der Waals surface area contributed by atoms with E-state index in [1.807, 2.05) is 33.8 Å². The molecule has 0 fully saturated rings. The first-order valence-corrected chi connectivity index (χ1v) is 11.1. The van der Waals surface area contributed by atoms with Gasteiger partial charge in [-0.1, -0.05) is 60.7 Å². The lowest BCUT2D eigenvalue weighted by atomic mass is 9.81. The van der Waals surface area contributed by atoms with Crippen LogP contribution in [0.25, 0.3) is 10.8 Å². The van der Waals surface area contributed by atoms with Gasteiger partial charge in [0, 0.05) is 37.0 Å². The SMILES string of the molecule is N=c1c2c(ncn1CCCn1ccnc1)Oc1ccc3ccccc3c1[C@H]2c1ccccc1. The van der Waals surface area contributed by atoms with Gasteiger partial charge in [-0.05, 0) is 28.8 Å². The lowest BCUT2D eigenvalue weighted by molar-refractivity contribution is 0.420. The highest BCUT2D eigenvalue weighted by Gasteiger charge is 2.33. The van der Waals surface area contributed by atoms with E-state index in [0.717, 1.165) is 46.2 Å². The molecule has 0 saturated heterocycles. The van der Waals surface area contributed by atoms with Crippen molar-refractivity contribution in [2.75, 3.05) is 0 Å². The third kappa shape index (κ3) is 3.40. The Morgan fingerprint density at radius 3 is 2.58 bits per heavy atom. The van der Waals surface area contributed by atoms with Gasteiger partial charge in [-0.3, -0.25) is 5.41 Å². The van der Waals surface area contributed by atoms with Gasteiger partial charge in [0.15, 0.2) is 0 Å². The third-order valence-electron chi connectivity index (χ3n) is 6.31. The standard InChI is InChI=1S/C27H23N5O/c28-26-25-23(20-8-2-1-3-9-20)24-21-10-5-4-7-19(21)11-12-22(24)33-27(25)30-18-32(26)15-6-14-31-16-13-29-17-31/h1-5,7-13,16-18,23,28H,6,14-15H2/t23-/m1/s1. The summed E-state index contributed by atoms with van der Waals surface area (Å²) in [6.45, 7) is 1.54. The second kappa shape index (κ2) is 8.06. The second-order valence-corrected chi connectivity index (χ2v) is 8.30. The number of aryl methyl sites for hydroxylation is 2. The molecule has 1 N–H and O–H groups in total. The zero-order valence-electron chi connectivity index (χ0n) is 18.1. The van der Waals surface area contributed by atoms with E-state index in [1.165, 1.54) is 0 Å². The lowest BCUT2D eigenvalue weighted by Gasteiger charge is -2.29. The van der Waals surface area contributed by atoms with Crippen LogP contribution in [-0.2, 0) is 13.1 Å². The average Bonchev–Trinajstić information content (AvgIpc) is 3.38. The van der Waals surface area contributed by atoms with Crippen molar-refractivity contribution in [2.24, 2.45) is 0 Å². The van der Waals surface area contributed by atoms with Crippen LogP contribution >= 0.6 is 0 Å². The minimum atomic E-state index is -0.128. The number of imidazole rings is 1. The van der Waals surface area contributed by atoms with E-state index in [0.29, 0.717) is 17.9 Å². The molecule has 0 aliphatic carbocycles. The molecule has 6 heteroatoms. The third-order valence-corrected chi connectivity index (χ3v) is 6.31. The van der Waals surface area contributed by atoms with E-state index < -0.39 is 0 Å². The fourth-order valence-corrected chi connectivity index (χ4v) is 4.75. The van der Waals surface area contributed by atoms with Gasteiger partial charge >= 0.3 is 0 Å². The molecule has 1 aliphatic rings. The average molecular weight is 434 g/mol. The maximum absolute atomic E-state index is 9.13. The summed E-state index contributed by atoms with van der Waals surface area (Å²) in [5, 5.41) is 11.4. The highest BCUT2D eigenvalue weighted by atomic mass is 16.5. The van der Waals surface area contributed by atoms with Gasteiger partial charge in [0.25, 0.3) is 0 Å². The fourth-order valence-electron chi connectivity index (χ4n) is 4.75. The van der Waals surface area contributed by atoms with Crippen molar-refractivity contribution in [1.29, 1.82) is 5.41 Å². The molecule has 0 spiro atoms. The summed E-state index contributed by atoms with van der Waals surface area (Å²) in [4.78, 5) is 8.75. The Morgan fingerprint density at radius 2 is 1.73 bits per heavy atom. The number of ether oxygens (including phenoxy) is 1. The molecule has 1 aliphatic heterocycles. The van der Waals surface area contributed by atoms with Crippen molar-refractivity contribution in [1.82, 2.24) is 19.1 Å². The first-order valence-electron chi connectivity index (χ1n) is 11.1. The number of aromatic nitrogens is 4. The van der Waals surface area contributed by atoms with Crippen LogP contribution in [0.1, 0.15) is 29.0 Å². The van der Waals surface area contributed by atoms with Crippen LogP contribution in [0.3, 0.4) is 0 Å². The van der Waals surface area contributed by atoms with Gasteiger partial charge in [0.05, 0.1) is 11.9 Å². The molecule has 2 aromatic heterocycles. The summed E-state index contributed by atoms with van der Waals surface area (Å²) in [6.07, 6.45) is 8.16. The molecule has 162 valence electrons. The topological polar surface area (TPSA) is 68.7 Å². The Bertz CT molecular complexity index is 1490. The van der Waals surface area contributed by atoms with Gasteiger partial charge in [-0.2, -0.15) is 0 Å². The number of hydrogen-bond donors (Lipinski definition) is 1. The minimum Gasteiger partial charge on any atom is -0.438 e. The second-order valence-electron chi connectivity index (χ2n) is 8.30. The van der Waals surface area contributed by atoms with Crippen LogP contribution in [0.5, 0.6) is 11.6 Å². The molecule has 6 rings (SSSR count). The monoisotopic (exact) mass is 433 g/mol. The molecule has 0 radical (unpaired) electrons. The predicted octanol–water partition coefficient (Wildman–Crippen LogP) is 5.09. The molecule has 0 unspecified atom stereocenters. The summed E-state index contributed by atoms with van der Waals surface area (Å²) >= 11 is 0. The zero-order valence-corrected chi connectivity index (χ0v) is 18.1. The minimum absolute atomic E-state index is 0.128. The lowest BCUT2D eigenvalue weighted by Crippen LogP contribution is -2.30. The number of hydrogen-bond acceptors (Lipinski definition) is 4. The predicted molar refractivity (Wildman–Crippen MR) is 126 cm³/mol. The molecule has 0 bridgehead atoms. The quantitative estimate of drug-likeness (QED) is 0.412. The van der Waals surface area contributed by atoms with Crippen molar-refractivity contribution in [2.45, 2.75) is 25.4 Å². The van der Waals surface area contributed by atoms with E-state index in [2.05, 4.69) is 64.6 Å². The van der Waals surface area contributed by atoms with Crippen molar-refractivity contribution >= 4 is 10.8 Å². The van der Waals surface area contributed by atoms with E-state index in [1.54, 1.807) is 12.5 Å². The first kappa shape index (κ1) is 19.5. The van der Waals surface area contributed by atoms with Crippen molar-refractivity contribution in [3.63, 3.8) is 0 Å². The molecular formula is C27H23N5O. The highest BCUT2D eigenvalue weighted by Crippen LogP contribution is 2.47. The summed E-state index contributed by atoms with van der Waals surface area (Å²) in [6, 6.07) is 22.8. The summed E-state index contributed by atoms with van der Waals surface area (Å²) in [5.74, 6) is 1.19. The largest absolute Gasteiger partial charge is 0.438 e. The van der Waals surface area contributed by atoms with Gasteiger partial charge in [0.1, 0.15) is 17.6 Å². The number of rotatable bonds is 5. The van der Waals surface area contributed by atoms with Gasteiger partial charge in [-0.25, -0.2) is 9.97 Å². The van der Waals surface area contributed by atoms with Crippen LogP contribution in [0.4, 0.5) is 0 Å². The Hall–Kier alpha value is -4.19. The maximum atomic E-state index is 9.13. The summed E-state index contributed by atoms with van der Waals surface area (Å²) < 4.78 is 10.3. The number of fused-ring (bicyclic) bond motifs is 4. The summed E-state index contributed by atoms with van der Waals surface area (Å²) in [7, 11) is 0. The highest BCUT2D eigenvalue weighted by molar-refractivity contribution is 5.90. The molecule has 0 saturated carbocycles. The van der Waals surface area contributed by atoms with Crippen LogP contribution in [0.2, 0.25) is 0 Å².